The molecule has 6 heteroatoms. The topological polar surface area (TPSA) is 75.6 Å². The molecule has 2 atom stereocenters. The second-order valence-corrected chi connectivity index (χ2v) is 8.53. The van der Waals surface area contributed by atoms with Gasteiger partial charge in [0.05, 0.1) is 0 Å². The summed E-state index contributed by atoms with van der Waals surface area (Å²) in [6.07, 6.45) is -1.09. The van der Waals surface area contributed by atoms with Gasteiger partial charge in [0, 0.05) is 10.4 Å². The minimum Gasteiger partial charge on any atom is -0.480 e. The summed E-state index contributed by atoms with van der Waals surface area (Å²) in [4.78, 5) is 24.1. The molecule has 2 rings (SSSR count). The quantitative estimate of drug-likeness (QED) is 0.587. The molecule has 0 aliphatic heterocycles. The number of rotatable bonds is 8. The number of carboxylic acid groups (broad SMARTS) is 1. The first kappa shape index (κ1) is 22.8. The summed E-state index contributed by atoms with van der Waals surface area (Å²) in [5.41, 5.74) is 1.10. The smallest absolute Gasteiger partial charge is 0.408 e. The highest BCUT2D eigenvalue weighted by molar-refractivity contribution is 6.30. The average molecular weight is 418 g/mol. The molecule has 156 valence electrons. The van der Waals surface area contributed by atoms with Crippen molar-refractivity contribution >= 4 is 23.7 Å². The van der Waals surface area contributed by atoms with Gasteiger partial charge in [-0.25, -0.2) is 9.59 Å². The van der Waals surface area contributed by atoms with Crippen LogP contribution in [0.1, 0.15) is 51.3 Å². The third-order valence-electron chi connectivity index (χ3n) is 4.85. The van der Waals surface area contributed by atoms with Crippen molar-refractivity contribution in [1.82, 2.24) is 5.32 Å². The van der Waals surface area contributed by atoms with Gasteiger partial charge >= 0.3 is 12.1 Å². The number of benzene rings is 2. The van der Waals surface area contributed by atoms with E-state index in [0.29, 0.717) is 11.4 Å². The fraction of sp³-hybridized carbons (Fsp3) is 0.391. The van der Waals surface area contributed by atoms with Crippen LogP contribution < -0.4 is 5.32 Å². The van der Waals surface area contributed by atoms with Gasteiger partial charge in [-0.05, 0) is 35.6 Å². The molecule has 2 N–H and O–H groups in total. The Bertz CT molecular complexity index is 836. The zero-order chi connectivity index (χ0) is 21.6. The Kier molecular flexibility index (Phi) is 7.68. The molecule has 2 aromatic carbocycles. The van der Waals surface area contributed by atoms with Crippen molar-refractivity contribution in [3.63, 3.8) is 0 Å². The molecular formula is C23H28ClNO4. The average Bonchev–Trinajstić information content (AvgIpc) is 2.65. The minimum atomic E-state index is -1.08. The predicted octanol–water partition coefficient (Wildman–Crippen LogP) is 5.58. The summed E-state index contributed by atoms with van der Waals surface area (Å²) in [6, 6.07) is 15.8. The molecule has 0 heterocycles. The zero-order valence-corrected chi connectivity index (χ0v) is 17.9. The van der Waals surface area contributed by atoms with Crippen LogP contribution in [-0.4, -0.2) is 23.2 Å². The monoisotopic (exact) mass is 417 g/mol. The van der Waals surface area contributed by atoms with E-state index in [0.717, 1.165) is 11.1 Å². The summed E-state index contributed by atoms with van der Waals surface area (Å²) in [7, 11) is 0. The predicted molar refractivity (Wildman–Crippen MR) is 114 cm³/mol. The number of ether oxygens (including phenoxy) is 1. The molecule has 0 bridgehead atoms. The first-order valence-electron chi connectivity index (χ1n) is 9.62. The molecule has 0 saturated heterocycles. The van der Waals surface area contributed by atoms with Gasteiger partial charge in [0.15, 0.2) is 0 Å². The molecule has 1 amide bonds. The number of carbonyl (C=O) groups excluding carboxylic acids is 1. The summed E-state index contributed by atoms with van der Waals surface area (Å²) >= 11 is 6.17. The lowest BCUT2D eigenvalue weighted by atomic mass is 9.76. The molecule has 5 nitrogen and oxygen atoms in total. The largest absolute Gasteiger partial charge is 0.480 e. The second-order valence-electron chi connectivity index (χ2n) is 8.09. The number of nitrogens with one attached hydrogen (secondary N) is 1. The second kappa shape index (κ2) is 9.79. The van der Waals surface area contributed by atoms with E-state index in [4.69, 9.17) is 16.3 Å². The molecular weight excluding hydrogens is 390 g/mol. The van der Waals surface area contributed by atoms with Gasteiger partial charge in [0.25, 0.3) is 0 Å². The van der Waals surface area contributed by atoms with Crippen LogP contribution in [-0.2, 0) is 14.9 Å². The van der Waals surface area contributed by atoms with E-state index in [9.17, 15) is 14.7 Å². The first-order chi connectivity index (χ1) is 13.6. The number of halogens is 1. The summed E-state index contributed by atoms with van der Waals surface area (Å²) in [5.74, 6) is -0.967. The minimum absolute atomic E-state index is 0.115. The highest BCUT2D eigenvalue weighted by atomic mass is 35.5. The maximum Gasteiger partial charge on any atom is 0.408 e. The van der Waals surface area contributed by atoms with Crippen molar-refractivity contribution in [1.29, 1.82) is 0 Å². The van der Waals surface area contributed by atoms with E-state index in [1.807, 2.05) is 76.2 Å². The van der Waals surface area contributed by atoms with Gasteiger partial charge in [0.2, 0.25) is 0 Å². The van der Waals surface area contributed by atoms with Gasteiger partial charge in [-0.3, -0.25) is 0 Å². The molecule has 0 radical (unpaired) electrons. The third-order valence-corrected chi connectivity index (χ3v) is 5.08. The maximum atomic E-state index is 12.6. The van der Waals surface area contributed by atoms with Crippen molar-refractivity contribution in [2.45, 2.75) is 51.7 Å². The highest BCUT2D eigenvalue weighted by Gasteiger charge is 2.36. The molecule has 1 unspecified atom stereocenters. The normalized spacial score (nSPS) is 13.6. The fourth-order valence-corrected chi connectivity index (χ4v) is 3.47. The molecule has 0 aliphatic carbocycles. The van der Waals surface area contributed by atoms with Crippen LogP contribution in [0.25, 0.3) is 0 Å². The van der Waals surface area contributed by atoms with Crippen molar-refractivity contribution in [3.05, 3.63) is 70.7 Å². The number of hydrogen-bond acceptors (Lipinski definition) is 3. The molecule has 0 aromatic heterocycles. The van der Waals surface area contributed by atoms with Crippen LogP contribution in [0.4, 0.5) is 4.79 Å². The fourth-order valence-electron chi connectivity index (χ4n) is 3.28. The van der Waals surface area contributed by atoms with Crippen LogP contribution >= 0.6 is 11.6 Å². The third kappa shape index (κ3) is 6.23. The molecule has 2 aromatic rings. The Morgan fingerprint density at radius 3 is 2.31 bits per heavy atom. The number of carboxylic acids is 1. The first-order valence-corrected chi connectivity index (χ1v) is 10.00. The molecule has 0 aliphatic rings. The summed E-state index contributed by atoms with van der Waals surface area (Å²) < 4.78 is 5.80. The molecule has 29 heavy (non-hydrogen) atoms. The zero-order valence-electron chi connectivity index (χ0n) is 17.2. The van der Waals surface area contributed by atoms with E-state index in [1.54, 1.807) is 6.07 Å². The van der Waals surface area contributed by atoms with Gasteiger partial charge in [-0.2, -0.15) is 0 Å². The SMILES string of the molecule is CC(C)C[C@H](NC(=O)OC(c1ccccc1)C(C)(C)c1cccc(Cl)c1)C(=O)O. The van der Waals surface area contributed by atoms with Crippen LogP contribution in [0.3, 0.4) is 0 Å². The number of aliphatic carboxylic acids is 1. The lowest BCUT2D eigenvalue weighted by Gasteiger charge is -2.35. The number of amides is 1. The van der Waals surface area contributed by atoms with E-state index in [-0.39, 0.29) is 5.92 Å². The Hall–Kier alpha value is -2.53. The van der Waals surface area contributed by atoms with E-state index < -0.39 is 29.6 Å². The van der Waals surface area contributed by atoms with Crippen molar-refractivity contribution < 1.29 is 19.4 Å². The van der Waals surface area contributed by atoms with Crippen LogP contribution in [0.5, 0.6) is 0 Å². The number of carbonyl (C=O) groups is 2. The summed E-state index contributed by atoms with van der Waals surface area (Å²) in [6.45, 7) is 7.73. The lowest BCUT2D eigenvalue weighted by Crippen LogP contribution is -2.43. The Morgan fingerprint density at radius 2 is 1.76 bits per heavy atom. The maximum absolute atomic E-state index is 12.6. The Labute approximate surface area is 177 Å². The van der Waals surface area contributed by atoms with Gasteiger partial charge in [-0.1, -0.05) is 81.8 Å². The van der Waals surface area contributed by atoms with Crippen LogP contribution in [0.2, 0.25) is 5.02 Å². The van der Waals surface area contributed by atoms with Crippen molar-refractivity contribution in [2.24, 2.45) is 5.92 Å². The Morgan fingerprint density at radius 1 is 1.10 bits per heavy atom. The standard InChI is InChI=1S/C23H28ClNO4/c1-15(2)13-19(21(26)27)25-22(28)29-20(16-9-6-5-7-10-16)23(3,4)17-11-8-12-18(24)14-17/h5-12,14-15,19-20H,13H2,1-4H3,(H,25,28)(H,26,27)/t19-,20?/m0/s1. The van der Waals surface area contributed by atoms with Gasteiger partial charge in [0.1, 0.15) is 12.1 Å². The number of hydrogen-bond donors (Lipinski definition) is 2. The summed E-state index contributed by atoms with van der Waals surface area (Å²) in [5, 5.41) is 12.5. The van der Waals surface area contributed by atoms with E-state index in [1.165, 1.54) is 0 Å². The van der Waals surface area contributed by atoms with Crippen molar-refractivity contribution in [2.75, 3.05) is 0 Å². The highest BCUT2D eigenvalue weighted by Crippen LogP contribution is 2.40. The van der Waals surface area contributed by atoms with Crippen molar-refractivity contribution in [3.8, 4) is 0 Å². The molecule has 0 saturated carbocycles. The van der Waals surface area contributed by atoms with Crippen LogP contribution in [0, 0.1) is 5.92 Å². The van der Waals surface area contributed by atoms with Gasteiger partial charge < -0.3 is 15.2 Å². The lowest BCUT2D eigenvalue weighted by molar-refractivity contribution is -0.139. The number of alkyl carbamates (subject to hydrolysis) is 1. The molecule has 0 spiro atoms. The van der Waals surface area contributed by atoms with E-state index >= 15 is 0 Å². The van der Waals surface area contributed by atoms with E-state index in [2.05, 4.69) is 5.32 Å². The Balaban J connectivity index is 2.32. The van der Waals surface area contributed by atoms with Crippen LogP contribution in [0.15, 0.2) is 54.6 Å². The van der Waals surface area contributed by atoms with Gasteiger partial charge in [-0.15, -0.1) is 0 Å². The molecule has 0 fully saturated rings.